The van der Waals surface area contributed by atoms with Crippen LogP contribution in [0.25, 0.3) is 10.9 Å². The molecule has 3 heterocycles. The molecule has 4 N–H and O–H groups in total. The van der Waals surface area contributed by atoms with Crippen LogP contribution in [-0.4, -0.2) is 44.3 Å². The van der Waals surface area contributed by atoms with E-state index >= 15 is 0 Å². The highest BCUT2D eigenvalue weighted by atomic mass is 16.2. The summed E-state index contributed by atoms with van der Waals surface area (Å²) in [6, 6.07) is 5.25. The SMILES string of the molecule is Cc1cc([C@@H]2CC[C@@H](C)CN2C(=O)C(=O)Nc2cncc(C(N)=O)c2)cc2cn[nH]c12. The lowest BCUT2D eigenvalue weighted by Crippen LogP contribution is -2.46. The summed E-state index contributed by atoms with van der Waals surface area (Å²) < 4.78 is 0. The second-order valence-electron chi connectivity index (χ2n) is 8.11. The molecule has 9 nitrogen and oxygen atoms in total. The summed E-state index contributed by atoms with van der Waals surface area (Å²) in [7, 11) is 0. The number of pyridine rings is 1. The number of aromatic amines is 1. The first-order valence-corrected chi connectivity index (χ1v) is 10.1. The Morgan fingerprint density at radius 1 is 1.16 bits per heavy atom. The zero-order chi connectivity index (χ0) is 22.1. The number of rotatable bonds is 3. The molecule has 0 aliphatic carbocycles. The number of fused-ring (bicyclic) bond motifs is 1. The molecule has 1 saturated heterocycles. The fraction of sp³-hybridized carbons (Fsp3) is 0.318. The van der Waals surface area contributed by atoms with Crippen LogP contribution in [0.2, 0.25) is 0 Å². The molecular weight excluding hydrogens is 396 g/mol. The number of H-pyrrole nitrogens is 1. The number of aromatic nitrogens is 3. The molecule has 1 aliphatic heterocycles. The van der Waals surface area contributed by atoms with Gasteiger partial charge in [0.15, 0.2) is 0 Å². The number of hydrogen-bond donors (Lipinski definition) is 3. The Hall–Kier alpha value is -3.75. The number of carbonyl (C=O) groups is 3. The number of amides is 3. The van der Waals surface area contributed by atoms with E-state index in [0.717, 1.165) is 34.9 Å². The predicted octanol–water partition coefficient (Wildman–Crippen LogP) is 2.30. The van der Waals surface area contributed by atoms with Gasteiger partial charge in [-0.2, -0.15) is 5.10 Å². The predicted molar refractivity (Wildman–Crippen MR) is 115 cm³/mol. The van der Waals surface area contributed by atoms with E-state index in [4.69, 9.17) is 5.73 Å². The van der Waals surface area contributed by atoms with Crippen molar-refractivity contribution in [1.82, 2.24) is 20.1 Å². The number of aryl methyl sites for hydroxylation is 1. The van der Waals surface area contributed by atoms with E-state index in [2.05, 4.69) is 27.4 Å². The summed E-state index contributed by atoms with van der Waals surface area (Å²) in [5.41, 5.74) is 8.64. The molecule has 0 bridgehead atoms. The molecule has 3 aromatic rings. The Kier molecular flexibility index (Phi) is 5.41. The first-order valence-electron chi connectivity index (χ1n) is 10.1. The van der Waals surface area contributed by atoms with Gasteiger partial charge >= 0.3 is 11.8 Å². The van der Waals surface area contributed by atoms with Crippen molar-refractivity contribution in [1.29, 1.82) is 0 Å². The summed E-state index contributed by atoms with van der Waals surface area (Å²) in [5, 5.41) is 10.6. The molecule has 0 spiro atoms. The average Bonchev–Trinajstić information content (AvgIpc) is 3.22. The summed E-state index contributed by atoms with van der Waals surface area (Å²) in [6.45, 7) is 4.55. The molecule has 3 amide bonds. The lowest BCUT2D eigenvalue weighted by Gasteiger charge is -2.38. The topological polar surface area (TPSA) is 134 Å². The van der Waals surface area contributed by atoms with Crippen molar-refractivity contribution in [2.45, 2.75) is 32.7 Å². The molecule has 4 rings (SSSR count). The molecule has 0 radical (unpaired) electrons. The number of nitrogens with one attached hydrogen (secondary N) is 2. The summed E-state index contributed by atoms with van der Waals surface area (Å²) >= 11 is 0. The number of likely N-dealkylation sites (tertiary alicyclic amines) is 1. The second kappa shape index (κ2) is 8.17. The molecule has 2 aromatic heterocycles. The number of carbonyl (C=O) groups excluding carboxylic acids is 3. The van der Waals surface area contributed by atoms with Gasteiger partial charge in [-0.1, -0.05) is 13.0 Å². The van der Waals surface area contributed by atoms with Crippen LogP contribution in [0.5, 0.6) is 0 Å². The molecule has 1 fully saturated rings. The van der Waals surface area contributed by atoms with Crippen LogP contribution in [0.3, 0.4) is 0 Å². The molecule has 2 atom stereocenters. The lowest BCUT2D eigenvalue weighted by atomic mass is 9.88. The van der Waals surface area contributed by atoms with E-state index in [1.165, 1.54) is 18.5 Å². The smallest absolute Gasteiger partial charge is 0.313 e. The van der Waals surface area contributed by atoms with Gasteiger partial charge in [-0.05, 0) is 48.9 Å². The molecule has 160 valence electrons. The van der Waals surface area contributed by atoms with Gasteiger partial charge in [-0.15, -0.1) is 0 Å². The third kappa shape index (κ3) is 4.11. The number of piperidine rings is 1. The van der Waals surface area contributed by atoms with Crippen LogP contribution in [-0.2, 0) is 9.59 Å². The van der Waals surface area contributed by atoms with Crippen molar-refractivity contribution in [2.24, 2.45) is 11.7 Å². The Bertz CT molecular complexity index is 1170. The highest BCUT2D eigenvalue weighted by Gasteiger charge is 2.34. The normalized spacial score (nSPS) is 18.7. The quantitative estimate of drug-likeness (QED) is 0.559. The molecule has 0 saturated carbocycles. The molecule has 9 heteroatoms. The van der Waals surface area contributed by atoms with Gasteiger partial charge in [0.05, 0.1) is 35.2 Å². The van der Waals surface area contributed by atoms with E-state index in [9.17, 15) is 14.4 Å². The summed E-state index contributed by atoms with van der Waals surface area (Å²) in [4.78, 5) is 42.8. The molecular formula is C22H24N6O3. The van der Waals surface area contributed by atoms with Crippen LogP contribution in [0, 0.1) is 12.8 Å². The van der Waals surface area contributed by atoms with Crippen LogP contribution in [0.1, 0.15) is 47.3 Å². The van der Waals surface area contributed by atoms with Crippen LogP contribution in [0.15, 0.2) is 36.8 Å². The Morgan fingerprint density at radius 3 is 2.74 bits per heavy atom. The number of nitrogens with two attached hydrogens (primary N) is 1. The van der Waals surface area contributed by atoms with Gasteiger partial charge in [0.1, 0.15) is 0 Å². The lowest BCUT2D eigenvalue weighted by molar-refractivity contribution is -0.146. The minimum Gasteiger partial charge on any atom is -0.366 e. The number of nitrogens with zero attached hydrogens (tertiary/aromatic N) is 3. The molecule has 0 unspecified atom stereocenters. The highest BCUT2D eigenvalue weighted by Crippen LogP contribution is 2.35. The van der Waals surface area contributed by atoms with E-state index in [1.54, 1.807) is 11.1 Å². The number of primary amides is 1. The monoisotopic (exact) mass is 420 g/mol. The van der Waals surface area contributed by atoms with Gasteiger partial charge in [0.2, 0.25) is 5.91 Å². The van der Waals surface area contributed by atoms with Crippen molar-refractivity contribution in [2.75, 3.05) is 11.9 Å². The van der Waals surface area contributed by atoms with Gasteiger partial charge in [0, 0.05) is 18.1 Å². The van der Waals surface area contributed by atoms with Crippen LogP contribution in [0.4, 0.5) is 5.69 Å². The van der Waals surface area contributed by atoms with Gasteiger partial charge in [-0.25, -0.2) is 0 Å². The fourth-order valence-electron chi connectivity index (χ4n) is 4.14. The van der Waals surface area contributed by atoms with E-state index in [0.29, 0.717) is 6.54 Å². The Morgan fingerprint density at radius 2 is 1.97 bits per heavy atom. The second-order valence-corrected chi connectivity index (χ2v) is 8.11. The number of hydrogen-bond acceptors (Lipinski definition) is 5. The number of benzene rings is 1. The minimum absolute atomic E-state index is 0.151. The van der Waals surface area contributed by atoms with Crippen LogP contribution >= 0.6 is 0 Å². The first kappa shape index (κ1) is 20.5. The highest BCUT2D eigenvalue weighted by molar-refractivity contribution is 6.39. The standard InChI is InChI=1S/C22H24N6O3/c1-12-3-4-18(14-5-13(2)19-15(6-14)9-25-27-19)28(11-12)22(31)21(30)26-17-7-16(20(23)29)8-24-10-17/h5-10,12,18H,3-4,11H2,1-2H3,(H2,23,29)(H,25,27)(H,26,30)/t12-,18+/m1/s1. The number of anilines is 1. The minimum atomic E-state index is -0.774. The van der Waals surface area contributed by atoms with Gasteiger partial charge in [-0.3, -0.25) is 24.5 Å². The van der Waals surface area contributed by atoms with Crippen molar-refractivity contribution in [3.8, 4) is 0 Å². The third-order valence-corrected chi connectivity index (χ3v) is 5.71. The summed E-state index contributed by atoms with van der Waals surface area (Å²) in [5.74, 6) is -1.77. The van der Waals surface area contributed by atoms with Gasteiger partial charge < -0.3 is 16.0 Å². The largest absolute Gasteiger partial charge is 0.366 e. The van der Waals surface area contributed by atoms with Crippen molar-refractivity contribution in [3.05, 3.63) is 53.5 Å². The molecule has 1 aromatic carbocycles. The molecule has 1 aliphatic rings. The Labute approximate surface area is 179 Å². The van der Waals surface area contributed by atoms with Crippen molar-refractivity contribution >= 4 is 34.3 Å². The van der Waals surface area contributed by atoms with E-state index in [-0.39, 0.29) is 23.2 Å². The van der Waals surface area contributed by atoms with Gasteiger partial charge in [0.25, 0.3) is 0 Å². The Balaban J connectivity index is 1.59. The van der Waals surface area contributed by atoms with Crippen LogP contribution < -0.4 is 11.1 Å². The van der Waals surface area contributed by atoms with Crippen molar-refractivity contribution < 1.29 is 14.4 Å². The zero-order valence-electron chi connectivity index (χ0n) is 17.4. The maximum atomic E-state index is 13.1. The zero-order valence-corrected chi connectivity index (χ0v) is 17.4. The maximum Gasteiger partial charge on any atom is 0.313 e. The third-order valence-electron chi connectivity index (χ3n) is 5.71. The first-order chi connectivity index (χ1) is 14.8. The summed E-state index contributed by atoms with van der Waals surface area (Å²) in [6.07, 6.45) is 6.15. The fourth-order valence-corrected chi connectivity index (χ4v) is 4.14. The van der Waals surface area contributed by atoms with Crippen molar-refractivity contribution in [3.63, 3.8) is 0 Å². The maximum absolute atomic E-state index is 13.1. The molecule has 31 heavy (non-hydrogen) atoms. The van der Waals surface area contributed by atoms with E-state index in [1.807, 2.05) is 19.1 Å². The van der Waals surface area contributed by atoms with E-state index < -0.39 is 17.7 Å². The average molecular weight is 420 g/mol.